The van der Waals surface area contributed by atoms with Gasteiger partial charge in [0.2, 0.25) is 5.91 Å². The predicted molar refractivity (Wildman–Crippen MR) is 90.0 cm³/mol. The van der Waals surface area contributed by atoms with Gasteiger partial charge in [0.25, 0.3) is 0 Å². The molecule has 1 aliphatic heterocycles. The zero-order chi connectivity index (χ0) is 16.2. The van der Waals surface area contributed by atoms with Crippen LogP contribution in [0.15, 0.2) is 29.9 Å². The Bertz CT molecular complexity index is 659. The van der Waals surface area contributed by atoms with Gasteiger partial charge in [-0.25, -0.2) is 4.98 Å². The maximum atomic E-state index is 12.6. The Hall–Kier alpha value is -1.79. The molecule has 23 heavy (non-hydrogen) atoms. The van der Waals surface area contributed by atoms with Crippen molar-refractivity contribution in [2.24, 2.45) is 5.92 Å². The fourth-order valence-corrected chi connectivity index (χ4v) is 3.76. The molecule has 1 N–H and O–H groups in total. The number of aliphatic hydroxyl groups is 1. The van der Waals surface area contributed by atoms with Crippen molar-refractivity contribution in [3.05, 3.63) is 35.6 Å². The van der Waals surface area contributed by atoms with E-state index in [9.17, 15) is 9.90 Å². The molecule has 1 aliphatic rings. The van der Waals surface area contributed by atoms with Crippen molar-refractivity contribution in [3.63, 3.8) is 0 Å². The van der Waals surface area contributed by atoms with Crippen LogP contribution in [0.2, 0.25) is 0 Å². The van der Waals surface area contributed by atoms with Crippen LogP contribution in [-0.4, -0.2) is 45.1 Å². The summed E-state index contributed by atoms with van der Waals surface area (Å²) in [4.78, 5) is 23.1. The average molecular weight is 331 g/mol. The molecule has 0 bridgehead atoms. The van der Waals surface area contributed by atoms with Gasteiger partial charge in [0.15, 0.2) is 0 Å². The van der Waals surface area contributed by atoms with Crippen molar-refractivity contribution < 1.29 is 9.90 Å². The minimum Gasteiger partial charge on any atom is -0.396 e. The topological polar surface area (TPSA) is 66.3 Å². The molecule has 0 saturated carbocycles. The number of aliphatic hydroxyl groups excluding tert-OH is 1. The van der Waals surface area contributed by atoms with E-state index in [1.54, 1.807) is 12.4 Å². The van der Waals surface area contributed by atoms with E-state index in [0.29, 0.717) is 13.0 Å². The second-order valence-electron chi connectivity index (χ2n) is 6.08. The number of carbonyl (C=O) groups is 1. The smallest absolute Gasteiger partial charge is 0.228 e. The molecule has 2 unspecified atom stereocenters. The number of likely N-dealkylation sites (tertiary alicyclic amines) is 1. The molecule has 0 spiro atoms. The maximum Gasteiger partial charge on any atom is 0.228 e. The number of amides is 1. The average Bonchev–Trinajstić information content (AvgIpc) is 3.04. The van der Waals surface area contributed by atoms with Gasteiger partial charge < -0.3 is 10.0 Å². The van der Waals surface area contributed by atoms with Gasteiger partial charge in [-0.2, -0.15) is 0 Å². The SMILES string of the molecule is CC1CCC(CO)CN1C(=O)Cc1csc(-c2cccnc2)n1. The maximum absolute atomic E-state index is 12.6. The lowest BCUT2D eigenvalue weighted by Crippen LogP contribution is -2.47. The third-order valence-electron chi connectivity index (χ3n) is 4.35. The Kier molecular flexibility index (Phi) is 5.03. The van der Waals surface area contributed by atoms with Crippen molar-refractivity contribution in [3.8, 4) is 10.6 Å². The molecule has 0 aromatic carbocycles. The highest BCUT2D eigenvalue weighted by atomic mass is 32.1. The molecular formula is C17H21N3O2S. The summed E-state index contributed by atoms with van der Waals surface area (Å²) in [5.74, 6) is 0.301. The van der Waals surface area contributed by atoms with E-state index in [2.05, 4.69) is 16.9 Å². The molecule has 1 amide bonds. The number of aromatic nitrogens is 2. The highest BCUT2D eigenvalue weighted by Gasteiger charge is 2.28. The van der Waals surface area contributed by atoms with Crippen LogP contribution in [0.1, 0.15) is 25.5 Å². The number of piperidine rings is 1. The number of pyridine rings is 1. The van der Waals surface area contributed by atoms with Gasteiger partial charge in [-0.1, -0.05) is 0 Å². The molecule has 3 rings (SSSR count). The molecular weight excluding hydrogens is 310 g/mol. The largest absolute Gasteiger partial charge is 0.396 e. The van der Waals surface area contributed by atoms with Crippen LogP contribution in [0.4, 0.5) is 0 Å². The molecule has 1 fully saturated rings. The first-order valence-corrected chi connectivity index (χ1v) is 8.80. The fraction of sp³-hybridized carbons (Fsp3) is 0.471. The van der Waals surface area contributed by atoms with Crippen molar-refractivity contribution in [1.29, 1.82) is 0 Å². The number of hydrogen-bond acceptors (Lipinski definition) is 5. The quantitative estimate of drug-likeness (QED) is 0.934. The molecule has 3 heterocycles. The highest BCUT2D eigenvalue weighted by molar-refractivity contribution is 7.13. The number of thiazole rings is 1. The second kappa shape index (κ2) is 7.19. The van der Waals surface area contributed by atoms with E-state index >= 15 is 0 Å². The Morgan fingerprint density at radius 3 is 3.09 bits per heavy atom. The van der Waals surface area contributed by atoms with Crippen molar-refractivity contribution in [2.75, 3.05) is 13.2 Å². The van der Waals surface area contributed by atoms with Gasteiger partial charge in [0.1, 0.15) is 5.01 Å². The Labute approximate surface area is 140 Å². The monoisotopic (exact) mass is 331 g/mol. The molecule has 6 heteroatoms. The van der Waals surface area contributed by atoms with E-state index in [0.717, 1.165) is 29.1 Å². The summed E-state index contributed by atoms with van der Waals surface area (Å²) in [5.41, 5.74) is 1.78. The Morgan fingerprint density at radius 1 is 1.48 bits per heavy atom. The summed E-state index contributed by atoms with van der Waals surface area (Å²) in [5, 5.41) is 12.2. The summed E-state index contributed by atoms with van der Waals surface area (Å²) in [6, 6.07) is 4.09. The molecule has 0 aliphatic carbocycles. The predicted octanol–water partition coefficient (Wildman–Crippen LogP) is 2.37. The normalized spacial score (nSPS) is 21.4. The number of carbonyl (C=O) groups excluding carboxylic acids is 1. The van der Waals surface area contributed by atoms with Crippen LogP contribution in [0.5, 0.6) is 0 Å². The van der Waals surface area contributed by atoms with Gasteiger partial charge in [0.05, 0.1) is 12.1 Å². The van der Waals surface area contributed by atoms with Gasteiger partial charge in [-0.15, -0.1) is 11.3 Å². The van der Waals surface area contributed by atoms with E-state index < -0.39 is 0 Å². The lowest BCUT2D eigenvalue weighted by molar-refractivity contribution is -0.135. The van der Waals surface area contributed by atoms with Crippen molar-refractivity contribution >= 4 is 17.2 Å². The third kappa shape index (κ3) is 3.76. The lowest BCUT2D eigenvalue weighted by atomic mass is 9.94. The molecule has 2 aromatic heterocycles. The first kappa shape index (κ1) is 16.1. The number of rotatable bonds is 4. The summed E-state index contributed by atoms with van der Waals surface area (Å²) in [6.45, 7) is 2.88. The summed E-state index contributed by atoms with van der Waals surface area (Å²) in [6.07, 6.45) is 5.78. The summed E-state index contributed by atoms with van der Waals surface area (Å²) < 4.78 is 0. The lowest BCUT2D eigenvalue weighted by Gasteiger charge is -2.37. The van der Waals surface area contributed by atoms with Crippen molar-refractivity contribution in [1.82, 2.24) is 14.9 Å². The third-order valence-corrected chi connectivity index (χ3v) is 5.29. The standard InChI is InChI=1S/C17H21N3O2S/c1-12-4-5-13(10-21)9-20(12)16(22)7-15-11-23-17(19-15)14-3-2-6-18-8-14/h2-3,6,8,11-13,21H,4-5,7,9-10H2,1H3. The first-order chi connectivity index (χ1) is 11.2. The van der Waals surface area contributed by atoms with Crippen LogP contribution in [0.3, 0.4) is 0 Å². The molecule has 0 radical (unpaired) electrons. The van der Waals surface area contributed by atoms with E-state index in [-0.39, 0.29) is 24.5 Å². The summed E-state index contributed by atoms with van der Waals surface area (Å²) >= 11 is 1.54. The van der Waals surface area contributed by atoms with Crippen molar-refractivity contribution in [2.45, 2.75) is 32.2 Å². The molecule has 1 saturated heterocycles. The Balaban J connectivity index is 1.67. The van der Waals surface area contributed by atoms with Crippen LogP contribution >= 0.6 is 11.3 Å². The Morgan fingerprint density at radius 2 is 2.35 bits per heavy atom. The zero-order valence-corrected chi connectivity index (χ0v) is 14.0. The molecule has 122 valence electrons. The van der Waals surface area contributed by atoms with Gasteiger partial charge in [-0.3, -0.25) is 9.78 Å². The minimum absolute atomic E-state index is 0.0960. The molecule has 2 aromatic rings. The minimum atomic E-state index is 0.0960. The second-order valence-corrected chi connectivity index (χ2v) is 6.94. The van der Waals surface area contributed by atoms with Crippen LogP contribution in [-0.2, 0) is 11.2 Å². The van der Waals surface area contributed by atoms with Crippen LogP contribution < -0.4 is 0 Å². The molecule has 2 atom stereocenters. The van der Waals surface area contributed by atoms with Gasteiger partial charge in [-0.05, 0) is 37.8 Å². The summed E-state index contributed by atoms with van der Waals surface area (Å²) in [7, 11) is 0. The van der Waals surface area contributed by atoms with E-state index in [1.165, 1.54) is 11.3 Å². The van der Waals surface area contributed by atoms with E-state index in [4.69, 9.17) is 0 Å². The van der Waals surface area contributed by atoms with Crippen LogP contribution in [0, 0.1) is 5.92 Å². The van der Waals surface area contributed by atoms with Crippen LogP contribution in [0.25, 0.3) is 10.6 Å². The number of hydrogen-bond donors (Lipinski definition) is 1. The highest BCUT2D eigenvalue weighted by Crippen LogP contribution is 2.25. The fourth-order valence-electron chi connectivity index (χ4n) is 2.95. The zero-order valence-electron chi connectivity index (χ0n) is 13.2. The van der Waals surface area contributed by atoms with E-state index in [1.807, 2.05) is 22.4 Å². The first-order valence-electron chi connectivity index (χ1n) is 7.92. The number of nitrogens with zero attached hydrogens (tertiary/aromatic N) is 3. The van der Waals surface area contributed by atoms with Gasteiger partial charge in [0, 0.05) is 42.5 Å². The van der Waals surface area contributed by atoms with Gasteiger partial charge >= 0.3 is 0 Å². The molecule has 5 nitrogen and oxygen atoms in total.